The lowest BCUT2D eigenvalue weighted by Gasteiger charge is -1.87. The quantitative estimate of drug-likeness (QED) is 0.423. The number of hydrogen-bond acceptors (Lipinski definition) is 2. The van der Waals surface area contributed by atoms with Crippen LogP contribution in [-0.2, 0) is 0 Å². The van der Waals surface area contributed by atoms with E-state index in [9.17, 15) is 0 Å². The summed E-state index contributed by atoms with van der Waals surface area (Å²) in [7, 11) is 0. The van der Waals surface area contributed by atoms with E-state index in [2.05, 4.69) is 0 Å². The van der Waals surface area contributed by atoms with E-state index in [1.165, 1.54) is 0 Å². The molecule has 0 heterocycles. The molecule has 0 atom stereocenters. The second-order valence-electron chi connectivity index (χ2n) is 0.468. The topological polar surface area (TPSA) is 55.2 Å². The average molecular weight is 168 g/mol. The summed E-state index contributed by atoms with van der Waals surface area (Å²) in [4.78, 5) is 7.96. The van der Waals surface area contributed by atoms with Gasteiger partial charge in [0.2, 0.25) is 0 Å². The first kappa shape index (κ1) is 10.1. The number of hydrogen-bond donors (Lipinski definition) is 2. The lowest BCUT2D eigenvalue weighted by molar-refractivity contribution is 0.606. The van der Waals surface area contributed by atoms with Gasteiger partial charge in [-0.2, -0.15) is 0 Å². The molecule has 6 heavy (non-hydrogen) atoms. The van der Waals surface area contributed by atoms with Gasteiger partial charge in [-0.3, -0.25) is 0 Å². The van der Waals surface area contributed by atoms with Crippen molar-refractivity contribution >= 4 is 39.5 Å². The van der Waals surface area contributed by atoms with Gasteiger partial charge in [-0.25, -0.2) is 0 Å². The third-order valence-corrected chi connectivity index (χ3v) is 0. The summed E-state index contributed by atoms with van der Waals surface area (Å²) in [5.74, 6) is 0. The lowest BCUT2D eigenvalue weighted by Crippen LogP contribution is -2.05. The van der Waals surface area contributed by atoms with Crippen molar-refractivity contribution in [3.8, 4) is 0 Å². The van der Waals surface area contributed by atoms with Crippen LogP contribution in [0.5, 0.6) is 0 Å². The Morgan fingerprint density at radius 1 is 1.17 bits per heavy atom. The van der Waals surface area contributed by atoms with Crippen molar-refractivity contribution in [3.63, 3.8) is 0 Å². The second kappa shape index (κ2) is 3.07. The molecule has 0 aliphatic carbocycles. The second-order valence-corrected chi connectivity index (χ2v) is 8.07. The first-order chi connectivity index (χ1) is 2.00. The Labute approximate surface area is 50.8 Å². The summed E-state index contributed by atoms with van der Waals surface area (Å²) in [6.45, 7) is 0. The van der Waals surface area contributed by atoms with E-state index in [-0.39, 0.29) is 6.15 Å². The molecule has 0 aromatic rings. The fraction of sp³-hybridized carbons (Fsp3) is 0. The van der Waals surface area contributed by atoms with Gasteiger partial charge in [-0.05, 0) is 0 Å². The summed E-state index contributed by atoms with van der Waals surface area (Å²) in [5.41, 5.74) is 0. The molecule has 6 heteroatoms. The van der Waals surface area contributed by atoms with Gasteiger partial charge in [0, 0.05) is 0 Å². The van der Waals surface area contributed by atoms with Crippen LogP contribution < -0.4 is 6.15 Å². The molecule has 0 unspecified atom stereocenters. The minimum atomic E-state index is -3.19. The Kier molecular flexibility index (Phi) is 5.16. The van der Waals surface area contributed by atoms with E-state index in [0.29, 0.717) is 0 Å². The number of rotatable bonds is 0. The molecular weight excluding hydrogens is 164 g/mol. The minimum absolute atomic E-state index is 0. The zero-order valence-electron chi connectivity index (χ0n) is 2.79. The van der Waals surface area contributed by atoms with Crippen molar-refractivity contribution in [3.05, 3.63) is 0 Å². The van der Waals surface area contributed by atoms with E-state index in [4.69, 9.17) is 38.0 Å². The molecule has 0 aromatic carbocycles. The Morgan fingerprint density at radius 2 is 1.17 bits per heavy atom. The first-order valence-electron chi connectivity index (χ1n) is 0.791. The molecule has 0 saturated carbocycles. The highest BCUT2D eigenvalue weighted by Gasteiger charge is 2.19. The predicted octanol–water partition coefficient (Wildman–Crippen LogP) is 1.29. The molecule has 4 N–H and O–H groups in total. The Bertz CT molecular complexity index is 26.3. The van der Waals surface area contributed by atoms with Crippen LogP contribution in [0.25, 0.3) is 0 Å². The van der Waals surface area contributed by atoms with E-state index in [1.54, 1.807) is 0 Å². The fourth-order valence-electron chi connectivity index (χ4n) is 0. The molecule has 0 rings (SSSR count). The monoisotopic (exact) mass is 167 g/mol. The molecule has 0 bridgehead atoms. The fourth-order valence-corrected chi connectivity index (χ4v) is 0. The molecule has 40 valence electrons. The maximum atomic E-state index is 7.96. The summed E-state index contributed by atoms with van der Waals surface area (Å²) in [6, 6.07) is 0. The van der Waals surface area contributed by atoms with Crippen molar-refractivity contribution in [1.82, 2.24) is 6.15 Å². The molecule has 0 radical (unpaired) electrons. The Balaban J connectivity index is 0. The maximum absolute atomic E-state index is 7.96. The van der Waals surface area contributed by atoms with Crippen molar-refractivity contribution in [1.29, 1.82) is 0 Å². The molecule has 0 aromatic heterocycles. The van der Waals surface area contributed by atoms with Crippen LogP contribution in [-0.4, -0.2) is 11.0 Å². The summed E-state index contributed by atoms with van der Waals surface area (Å²) in [5, 5.41) is 0. The van der Waals surface area contributed by atoms with Crippen LogP contribution >= 0.6 is 33.2 Å². The van der Waals surface area contributed by atoms with Crippen molar-refractivity contribution in [2.45, 2.75) is 0 Å². The highest BCUT2D eigenvalue weighted by molar-refractivity contribution is 7.61. The maximum Gasteiger partial charge on any atom is 0.491 e. The lowest BCUT2D eigenvalue weighted by atomic mass is 14.0. The molecule has 0 amide bonds. The molecule has 0 fully saturated rings. The van der Waals surface area contributed by atoms with Crippen LogP contribution in [0.2, 0.25) is 0 Å². The summed E-state index contributed by atoms with van der Waals surface area (Å²) < 4.78 is 0. The van der Waals surface area contributed by atoms with Crippen molar-refractivity contribution in [2.24, 2.45) is 0 Å². The van der Waals surface area contributed by atoms with Gasteiger partial charge in [0.25, 0.3) is 0 Å². The van der Waals surface area contributed by atoms with E-state index in [1.807, 2.05) is 0 Å². The Morgan fingerprint density at radius 3 is 1.17 bits per heavy atom. The van der Waals surface area contributed by atoms with Gasteiger partial charge in [-0.1, -0.05) is 33.2 Å². The van der Waals surface area contributed by atoms with Crippen LogP contribution in [0.3, 0.4) is 0 Å². The molecule has 0 aliphatic heterocycles. The highest BCUT2D eigenvalue weighted by atomic mass is 35.8. The highest BCUT2D eigenvalue weighted by Crippen LogP contribution is 2.13. The van der Waals surface area contributed by atoms with Crippen LogP contribution in [0.15, 0.2) is 0 Å². The van der Waals surface area contributed by atoms with Gasteiger partial charge in [-0.15, -0.1) is 0 Å². The van der Waals surface area contributed by atoms with Gasteiger partial charge < -0.3 is 10.9 Å². The van der Waals surface area contributed by atoms with Crippen LogP contribution in [0.4, 0.5) is 0 Å². The smallest absolute Gasteiger partial charge is 0.397 e. The third kappa shape index (κ3) is 79.3. The van der Waals surface area contributed by atoms with E-state index < -0.39 is 6.25 Å². The minimum Gasteiger partial charge on any atom is -0.397 e. The summed E-state index contributed by atoms with van der Waals surface area (Å²) >= 11 is 14.3. The van der Waals surface area contributed by atoms with Crippen molar-refractivity contribution < 1.29 is 4.80 Å². The van der Waals surface area contributed by atoms with Crippen LogP contribution in [0, 0.1) is 0 Å². The zero-order valence-corrected chi connectivity index (χ0v) is 6.06. The SMILES string of the molecule is N.O[Si](Cl)(Cl)Cl. The zero-order chi connectivity index (χ0) is 4.50. The number of halogens is 3. The largest absolute Gasteiger partial charge is 0.491 e. The van der Waals surface area contributed by atoms with E-state index in [0.717, 1.165) is 0 Å². The molecule has 0 spiro atoms. The van der Waals surface area contributed by atoms with Gasteiger partial charge in [0.15, 0.2) is 0 Å². The standard InChI is InChI=1S/Cl3HOSi.H3N/c1-5(2,3)4;/h4H;1H3. The average Bonchev–Trinajstić information content (AvgIpc) is 0.722. The molecular formula is H4Cl3NOSi. The van der Waals surface area contributed by atoms with Crippen LogP contribution in [0.1, 0.15) is 0 Å². The van der Waals surface area contributed by atoms with E-state index >= 15 is 0 Å². The van der Waals surface area contributed by atoms with Gasteiger partial charge in [0.1, 0.15) is 0 Å². The van der Waals surface area contributed by atoms with Gasteiger partial charge >= 0.3 is 6.25 Å². The molecule has 0 saturated heterocycles. The first-order valence-corrected chi connectivity index (χ1v) is 5.77. The third-order valence-electron chi connectivity index (χ3n) is 0. The summed E-state index contributed by atoms with van der Waals surface area (Å²) in [6.07, 6.45) is -3.19. The normalized spacial score (nSPS) is 10.0. The Hall–Kier alpha value is 1.01. The van der Waals surface area contributed by atoms with Gasteiger partial charge in [0.05, 0.1) is 0 Å². The predicted molar refractivity (Wildman–Crippen MR) is 30.6 cm³/mol. The molecule has 2 nitrogen and oxygen atoms in total. The molecule has 0 aliphatic rings. The van der Waals surface area contributed by atoms with Crippen molar-refractivity contribution in [2.75, 3.05) is 0 Å².